The van der Waals surface area contributed by atoms with Crippen LogP contribution in [0.2, 0.25) is 5.02 Å². The minimum absolute atomic E-state index is 0.139. The van der Waals surface area contributed by atoms with Gasteiger partial charge in [0.05, 0.1) is 23.2 Å². The van der Waals surface area contributed by atoms with Crippen LogP contribution in [0.25, 0.3) is 0 Å². The fourth-order valence-electron chi connectivity index (χ4n) is 2.81. The van der Waals surface area contributed by atoms with Gasteiger partial charge in [-0.05, 0) is 37.3 Å². The molecule has 0 aliphatic carbocycles. The van der Waals surface area contributed by atoms with Gasteiger partial charge >= 0.3 is 5.97 Å². The van der Waals surface area contributed by atoms with Crippen molar-refractivity contribution < 1.29 is 28.3 Å². The summed E-state index contributed by atoms with van der Waals surface area (Å²) in [5.41, 5.74) is 1.29. The predicted octanol–water partition coefficient (Wildman–Crippen LogP) is 2.96. The first kappa shape index (κ1) is 20.5. The summed E-state index contributed by atoms with van der Waals surface area (Å²) in [7, 11) is 0. The molecule has 0 aromatic heterocycles. The molecule has 0 bridgehead atoms. The lowest BCUT2D eigenvalue weighted by atomic mass is 10.1. The number of aryl methyl sites for hydroxylation is 1. The smallest absolute Gasteiger partial charge is 0.308 e. The van der Waals surface area contributed by atoms with Crippen LogP contribution in [0.5, 0.6) is 0 Å². The number of hydrogen-bond acceptors (Lipinski definition) is 5. The summed E-state index contributed by atoms with van der Waals surface area (Å²) < 4.78 is 18.4. The highest BCUT2D eigenvalue weighted by atomic mass is 35.5. The Kier molecular flexibility index (Phi) is 5.93. The fraction of sp³-hybridized carbons (Fsp3) is 0.200. The molecule has 2 aromatic carbocycles. The van der Waals surface area contributed by atoms with Gasteiger partial charge in [0.25, 0.3) is 17.7 Å². The number of nitrogens with zero attached hydrogens (tertiary/aromatic N) is 1. The second-order valence-electron chi connectivity index (χ2n) is 6.39. The standard InChI is InChI=1S/C20H16ClFN2O5/c1-11-2-4-13-14(8-11)20(28)24(19(13)27)7-6-18(26)29-10-17(25)23-16-9-12(21)3-5-15(16)22/h2-5,8-9H,6-7,10H2,1H3,(H,23,25). The van der Waals surface area contributed by atoms with E-state index in [1.807, 2.05) is 0 Å². The Labute approximate surface area is 170 Å². The highest BCUT2D eigenvalue weighted by Gasteiger charge is 2.35. The molecular formula is C20H16ClFN2O5. The van der Waals surface area contributed by atoms with Gasteiger partial charge in [-0.1, -0.05) is 23.2 Å². The number of fused-ring (bicyclic) bond motifs is 1. The maximum absolute atomic E-state index is 13.6. The summed E-state index contributed by atoms with van der Waals surface area (Å²) in [6, 6.07) is 8.56. The largest absolute Gasteiger partial charge is 0.456 e. The number of anilines is 1. The molecule has 0 radical (unpaired) electrons. The Hall–Kier alpha value is -3.26. The Morgan fingerprint density at radius 3 is 2.59 bits per heavy atom. The van der Waals surface area contributed by atoms with Gasteiger partial charge in [0, 0.05) is 11.6 Å². The number of halogens is 2. The van der Waals surface area contributed by atoms with Crippen molar-refractivity contribution in [3.8, 4) is 0 Å². The van der Waals surface area contributed by atoms with Gasteiger partial charge in [0.15, 0.2) is 6.61 Å². The number of hydrogen-bond donors (Lipinski definition) is 1. The van der Waals surface area contributed by atoms with Crippen LogP contribution in [0.4, 0.5) is 10.1 Å². The average Bonchev–Trinajstić information content (AvgIpc) is 2.91. The summed E-state index contributed by atoms with van der Waals surface area (Å²) in [5, 5.41) is 2.47. The molecular weight excluding hydrogens is 403 g/mol. The third kappa shape index (κ3) is 4.60. The van der Waals surface area contributed by atoms with Crippen LogP contribution in [-0.4, -0.2) is 41.7 Å². The number of carbonyl (C=O) groups is 4. The summed E-state index contributed by atoms with van der Waals surface area (Å²) in [5.74, 6) is -3.17. The normalized spacial score (nSPS) is 12.7. The molecule has 0 saturated heterocycles. The van der Waals surface area contributed by atoms with Gasteiger partial charge in [-0.15, -0.1) is 0 Å². The molecule has 1 aliphatic heterocycles. The molecule has 9 heteroatoms. The number of carbonyl (C=O) groups excluding carboxylic acids is 4. The van der Waals surface area contributed by atoms with Crippen molar-refractivity contribution in [2.75, 3.05) is 18.5 Å². The highest BCUT2D eigenvalue weighted by Crippen LogP contribution is 2.24. The first-order valence-corrected chi connectivity index (χ1v) is 9.01. The predicted molar refractivity (Wildman–Crippen MR) is 102 cm³/mol. The van der Waals surface area contributed by atoms with Gasteiger partial charge in [0.2, 0.25) is 0 Å². The Balaban J connectivity index is 1.49. The number of esters is 1. The van der Waals surface area contributed by atoms with E-state index in [1.54, 1.807) is 25.1 Å². The van der Waals surface area contributed by atoms with Gasteiger partial charge in [-0.3, -0.25) is 24.1 Å². The molecule has 3 amide bonds. The number of amides is 3. The van der Waals surface area contributed by atoms with Gasteiger partial charge in [0.1, 0.15) is 5.82 Å². The molecule has 0 unspecified atom stereocenters. The topological polar surface area (TPSA) is 92.8 Å². The zero-order chi connectivity index (χ0) is 21.1. The second-order valence-corrected chi connectivity index (χ2v) is 6.83. The molecule has 1 N–H and O–H groups in total. The Morgan fingerprint density at radius 2 is 1.83 bits per heavy atom. The Bertz CT molecular complexity index is 1020. The molecule has 1 aliphatic rings. The highest BCUT2D eigenvalue weighted by molar-refractivity contribution is 6.30. The zero-order valence-electron chi connectivity index (χ0n) is 15.3. The van der Waals surface area contributed by atoms with Crippen LogP contribution in [0.15, 0.2) is 36.4 Å². The maximum atomic E-state index is 13.6. The molecule has 1 heterocycles. The molecule has 0 fully saturated rings. The molecule has 7 nitrogen and oxygen atoms in total. The van der Waals surface area contributed by atoms with Crippen LogP contribution in [0.3, 0.4) is 0 Å². The lowest BCUT2D eigenvalue weighted by molar-refractivity contribution is -0.147. The van der Waals surface area contributed by atoms with Crippen molar-refractivity contribution in [2.45, 2.75) is 13.3 Å². The number of imide groups is 1. The number of ether oxygens (including phenoxy) is 1. The maximum Gasteiger partial charge on any atom is 0.308 e. The monoisotopic (exact) mass is 418 g/mol. The lowest BCUT2D eigenvalue weighted by Crippen LogP contribution is -2.32. The fourth-order valence-corrected chi connectivity index (χ4v) is 2.98. The number of nitrogens with one attached hydrogen (secondary N) is 1. The van der Waals surface area contributed by atoms with E-state index in [0.29, 0.717) is 5.56 Å². The van der Waals surface area contributed by atoms with E-state index in [1.165, 1.54) is 12.1 Å². The molecule has 3 rings (SSSR count). The van der Waals surface area contributed by atoms with Crippen LogP contribution in [0, 0.1) is 12.7 Å². The minimum Gasteiger partial charge on any atom is -0.456 e. The van der Waals surface area contributed by atoms with Crippen LogP contribution in [-0.2, 0) is 14.3 Å². The van der Waals surface area contributed by atoms with Crippen LogP contribution in [0.1, 0.15) is 32.7 Å². The van der Waals surface area contributed by atoms with Gasteiger partial charge in [-0.25, -0.2) is 4.39 Å². The molecule has 150 valence electrons. The summed E-state index contributed by atoms with van der Waals surface area (Å²) in [6.45, 7) is 0.985. The van der Waals surface area contributed by atoms with Crippen molar-refractivity contribution >= 4 is 41.0 Å². The van der Waals surface area contributed by atoms with Crippen molar-refractivity contribution in [3.63, 3.8) is 0 Å². The quantitative estimate of drug-likeness (QED) is 0.575. The first-order valence-electron chi connectivity index (χ1n) is 8.63. The van der Waals surface area contributed by atoms with Gasteiger partial charge < -0.3 is 10.1 Å². The van der Waals surface area contributed by atoms with E-state index in [-0.39, 0.29) is 29.2 Å². The van der Waals surface area contributed by atoms with Crippen molar-refractivity contribution in [2.24, 2.45) is 0 Å². The molecule has 0 spiro atoms. The van der Waals surface area contributed by atoms with E-state index < -0.39 is 36.1 Å². The third-order valence-electron chi connectivity index (χ3n) is 4.23. The molecule has 2 aromatic rings. The zero-order valence-corrected chi connectivity index (χ0v) is 16.1. The number of benzene rings is 2. The second kappa shape index (κ2) is 8.40. The summed E-state index contributed by atoms with van der Waals surface area (Å²) >= 11 is 5.73. The summed E-state index contributed by atoms with van der Waals surface area (Å²) in [4.78, 5) is 49.3. The minimum atomic E-state index is -0.778. The van der Waals surface area contributed by atoms with E-state index in [2.05, 4.69) is 5.32 Å². The van der Waals surface area contributed by atoms with Crippen molar-refractivity contribution in [1.82, 2.24) is 4.90 Å². The third-order valence-corrected chi connectivity index (χ3v) is 4.47. The molecule has 0 atom stereocenters. The number of rotatable bonds is 6. The average molecular weight is 419 g/mol. The van der Waals surface area contributed by atoms with Crippen LogP contribution >= 0.6 is 11.6 Å². The van der Waals surface area contributed by atoms with E-state index in [0.717, 1.165) is 16.5 Å². The Morgan fingerprint density at radius 1 is 1.10 bits per heavy atom. The molecule has 29 heavy (non-hydrogen) atoms. The van der Waals surface area contributed by atoms with Crippen LogP contribution < -0.4 is 5.32 Å². The lowest BCUT2D eigenvalue weighted by Gasteiger charge is -2.13. The summed E-state index contributed by atoms with van der Waals surface area (Å²) in [6.07, 6.45) is -0.275. The van der Waals surface area contributed by atoms with E-state index in [4.69, 9.17) is 16.3 Å². The molecule has 0 saturated carbocycles. The van der Waals surface area contributed by atoms with E-state index in [9.17, 15) is 23.6 Å². The van der Waals surface area contributed by atoms with Crippen molar-refractivity contribution in [1.29, 1.82) is 0 Å². The van der Waals surface area contributed by atoms with Crippen molar-refractivity contribution in [3.05, 3.63) is 63.9 Å². The van der Waals surface area contributed by atoms with E-state index >= 15 is 0 Å². The van der Waals surface area contributed by atoms with Gasteiger partial charge in [-0.2, -0.15) is 0 Å². The SMILES string of the molecule is Cc1ccc2c(c1)C(=O)N(CCC(=O)OCC(=O)Nc1cc(Cl)ccc1F)C2=O. The first-order chi connectivity index (χ1) is 13.8.